The molecule has 2 atom stereocenters. The molecule has 3 rings (SSSR count). The molecular weight excluding hydrogens is 268 g/mol. The molecule has 0 aliphatic heterocycles. The highest BCUT2D eigenvalue weighted by molar-refractivity contribution is 6.33. The number of fused-ring (bicyclic) bond motifs is 1. The summed E-state index contributed by atoms with van der Waals surface area (Å²) in [6, 6.07) is -0.0749. The number of halogens is 1. The van der Waals surface area contributed by atoms with Crippen molar-refractivity contribution in [3.8, 4) is 0 Å². The van der Waals surface area contributed by atoms with Crippen LogP contribution < -0.4 is 11.1 Å². The summed E-state index contributed by atoms with van der Waals surface area (Å²) < 4.78 is 0. The largest absolute Gasteiger partial charge is 0.341 e. The molecule has 7 nitrogen and oxygen atoms in total. The van der Waals surface area contributed by atoms with Crippen molar-refractivity contribution in [1.82, 2.24) is 19.9 Å². The van der Waals surface area contributed by atoms with E-state index >= 15 is 0 Å². The van der Waals surface area contributed by atoms with Crippen molar-refractivity contribution in [2.75, 3.05) is 5.32 Å². The van der Waals surface area contributed by atoms with E-state index in [0.717, 1.165) is 0 Å². The number of aromatic nitrogens is 4. The molecule has 2 heterocycles. The van der Waals surface area contributed by atoms with E-state index in [1.807, 2.05) is 6.08 Å². The smallest absolute Gasteiger partial charge is 0.233 e. The third kappa shape index (κ3) is 2.29. The number of amides is 1. The summed E-state index contributed by atoms with van der Waals surface area (Å²) in [6.45, 7) is 0. The molecule has 4 N–H and O–H groups in total. The normalized spacial score (nSPS) is 22.0. The van der Waals surface area contributed by atoms with Crippen molar-refractivity contribution < 1.29 is 4.79 Å². The summed E-state index contributed by atoms with van der Waals surface area (Å²) in [4.78, 5) is 26.9. The van der Waals surface area contributed by atoms with Crippen molar-refractivity contribution >= 4 is 34.6 Å². The lowest BCUT2D eigenvalue weighted by Crippen LogP contribution is -2.24. The van der Waals surface area contributed by atoms with Crippen LogP contribution in [0.25, 0.3) is 11.2 Å². The van der Waals surface area contributed by atoms with Crippen LogP contribution in [0.1, 0.15) is 6.42 Å². The number of nitrogens with one attached hydrogen (secondary N) is 2. The van der Waals surface area contributed by atoms with E-state index in [2.05, 4.69) is 25.3 Å². The van der Waals surface area contributed by atoms with Gasteiger partial charge in [0.25, 0.3) is 0 Å². The molecule has 0 radical (unpaired) electrons. The predicted octanol–water partition coefficient (Wildman–Crippen LogP) is 0.848. The molecule has 0 spiro atoms. The van der Waals surface area contributed by atoms with Gasteiger partial charge < -0.3 is 10.7 Å². The van der Waals surface area contributed by atoms with E-state index in [0.29, 0.717) is 17.6 Å². The fourth-order valence-corrected chi connectivity index (χ4v) is 2.20. The fraction of sp³-hybridized carbons (Fsp3) is 0.273. The second kappa shape index (κ2) is 4.60. The molecule has 0 fully saturated rings. The standard InChI is InChI=1S/C11H11ClN6O/c12-8-7-9(15-4-14-7)17-11(16-8)18-10(19)5-1-2-6(13)3-5/h1-2,4-6H,3,13H2,(H2,14,15,16,17,18,19). The summed E-state index contributed by atoms with van der Waals surface area (Å²) in [5.41, 5.74) is 6.66. The molecular formula is C11H11ClN6O. The van der Waals surface area contributed by atoms with E-state index < -0.39 is 0 Å². The lowest BCUT2D eigenvalue weighted by Gasteiger charge is -2.09. The van der Waals surface area contributed by atoms with Crippen molar-refractivity contribution in [2.24, 2.45) is 11.7 Å². The van der Waals surface area contributed by atoms with Crippen molar-refractivity contribution in [1.29, 1.82) is 0 Å². The molecule has 1 amide bonds. The van der Waals surface area contributed by atoms with Crippen LogP contribution in [0.5, 0.6) is 0 Å². The van der Waals surface area contributed by atoms with Gasteiger partial charge in [-0.3, -0.25) is 10.1 Å². The first kappa shape index (κ1) is 12.1. The lowest BCUT2D eigenvalue weighted by molar-refractivity contribution is -0.118. The van der Waals surface area contributed by atoms with Crippen LogP contribution >= 0.6 is 11.6 Å². The van der Waals surface area contributed by atoms with E-state index in [-0.39, 0.29) is 29.0 Å². The van der Waals surface area contributed by atoms with Crippen LogP contribution in [0.15, 0.2) is 18.5 Å². The van der Waals surface area contributed by atoms with Crippen LogP contribution in [-0.4, -0.2) is 31.9 Å². The number of hydrogen-bond donors (Lipinski definition) is 3. The number of aromatic amines is 1. The molecule has 1 aliphatic carbocycles. The van der Waals surface area contributed by atoms with Gasteiger partial charge in [-0.1, -0.05) is 23.8 Å². The van der Waals surface area contributed by atoms with Crippen molar-refractivity contribution in [3.05, 3.63) is 23.6 Å². The Hall–Kier alpha value is -1.99. The summed E-state index contributed by atoms with van der Waals surface area (Å²) in [7, 11) is 0. The highest BCUT2D eigenvalue weighted by Crippen LogP contribution is 2.21. The second-order valence-electron chi connectivity index (χ2n) is 4.32. The minimum absolute atomic E-state index is 0.0749. The summed E-state index contributed by atoms with van der Waals surface area (Å²) in [5, 5.41) is 2.84. The van der Waals surface area contributed by atoms with Gasteiger partial charge >= 0.3 is 0 Å². The van der Waals surface area contributed by atoms with Gasteiger partial charge in [0.2, 0.25) is 11.9 Å². The van der Waals surface area contributed by atoms with Gasteiger partial charge in [-0.25, -0.2) is 4.98 Å². The zero-order chi connectivity index (χ0) is 13.4. The average Bonchev–Trinajstić information content (AvgIpc) is 2.97. The van der Waals surface area contributed by atoms with Gasteiger partial charge in [0, 0.05) is 6.04 Å². The molecule has 0 saturated carbocycles. The van der Waals surface area contributed by atoms with E-state index in [1.165, 1.54) is 6.33 Å². The number of nitrogens with two attached hydrogens (primary N) is 1. The maximum atomic E-state index is 12.0. The monoisotopic (exact) mass is 278 g/mol. The molecule has 2 aromatic rings. The Kier molecular flexibility index (Phi) is 2.92. The fourth-order valence-electron chi connectivity index (χ4n) is 1.98. The number of carbonyl (C=O) groups is 1. The number of imidazole rings is 1. The number of anilines is 1. The van der Waals surface area contributed by atoms with Gasteiger partial charge in [-0.15, -0.1) is 0 Å². The summed E-state index contributed by atoms with van der Waals surface area (Å²) in [5.74, 6) is -0.314. The maximum Gasteiger partial charge on any atom is 0.233 e. The lowest BCUT2D eigenvalue weighted by atomic mass is 10.1. The number of H-pyrrole nitrogens is 1. The molecule has 0 bridgehead atoms. The Morgan fingerprint density at radius 1 is 1.47 bits per heavy atom. The van der Waals surface area contributed by atoms with Gasteiger partial charge in [-0.2, -0.15) is 9.97 Å². The molecule has 0 saturated heterocycles. The summed E-state index contributed by atoms with van der Waals surface area (Å²) >= 11 is 5.96. The molecule has 2 aromatic heterocycles. The highest BCUT2D eigenvalue weighted by atomic mass is 35.5. The number of nitrogens with zero attached hydrogens (tertiary/aromatic N) is 3. The zero-order valence-corrected chi connectivity index (χ0v) is 10.6. The van der Waals surface area contributed by atoms with Crippen LogP contribution in [0, 0.1) is 5.92 Å². The maximum absolute atomic E-state index is 12.0. The molecule has 8 heteroatoms. The predicted molar refractivity (Wildman–Crippen MR) is 70.5 cm³/mol. The Balaban J connectivity index is 1.81. The van der Waals surface area contributed by atoms with Crippen molar-refractivity contribution in [2.45, 2.75) is 12.5 Å². The van der Waals surface area contributed by atoms with Crippen LogP contribution in [-0.2, 0) is 4.79 Å². The second-order valence-corrected chi connectivity index (χ2v) is 4.68. The molecule has 0 aromatic carbocycles. The Morgan fingerprint density at radius 3 is 3.05 bits per heavy atom. The van der Waals surface area contributed by atoms with Gasteiger partial charge in [0.05, 0.1) is 12.2 Å². The first-order valence-corrected chi connectivity index (χ1v) is 6.12. The number of carbonyl (C=O) groups excluding carboxylic acids is 1. The highest BCUT2D eigenvalue weighted by Gasteiger charge is 2.23. The zero-order valence-electron chi connectivity index (χ0n) is 9.80. The van der Waals surface area contributed by atoms with E-state index in [9.17, 15) is 4.79 Å². The Morgan fingerprint density at radius 2 is 2.32 bits per heavy atom. The van der Waals surface area contributed by atoms with Crippen molar-refractivity contribution in [3.63, 3.8) is 0 Å². The first-order chi connectivity index (χ1) is 9.13. The third-order valence-corrected chi connectivity index (χ3v) is 3.20. The van der Waals surface area contributed by atoms with E-state index in [1.54, 1.807) is 6.08 Å². The minimum atomic E-state index is -0.257. The van der Waals surface area contributed by atoms with Crippen LogP contribution in [0.3, 0.4) is 0 Å². The first-order valence-electron chi connectivity index (χ1n) is 5.75. The Labute approximate surface area is 113 Å². The molecule has 19 heavy (non-hydrogen) atoms. The van der Waals surface area contributed by atoms with Gasteiger partial charge in [-0.05, 0) is 6.42 Å². The van der Waals surface area contributed by atoms with Crippen LogP contribution in [0.4, 0.5) is 5.95 Å². The number of hydrogen-bond acceptors (Lipinski definition) is 5. The molecule has 1 aliphatic rings. The Bertz CT molecular complexity index is 666. The molecule has 98 valence electrons. The minimum Gasteiger partial charge on any atom is -0.341 e. The third-order valence-electron chi connectivity index (χ3n) is 2.93. The summed E-state index contributed by atoms with van der Waals surface area (Å²) in [6.07, 6.45) is 5.66. The average molecular weight is 279 g/mol. The van der Waals surface area contributed by atoms with Crippen LogP contribution in [0.2, 0.25) is 5.15 Å². The quantitative estimate of drug-likeness (QED) is 0.557. The SMILES string of the molecule is NC1C=CC(C(=O)Nc2nc(Cl)c3[nH]cnc3n2)C1. The molecule has 2 unspecified atom stereocenters. The van der Waals surface area contributed by atoms with E-state index in [4.69, 9.17) is 17.3 Å². The van der Waals surface area contributed by atoms with Gasteiger partial charge in [0.15, 0.2) is 10.8 Å². The number of rotatable bonds is 2. The topological polar surface area (TPSA) is 110 Å². The van der Waals surface area contributed by atoms with Gasteiger partial charge in [0.1, 0.15) is 5.52 Å².